The first-order chi connectivity index (χ1) is 8.69. The molecule has 2 nitrogen and oxygen atoms in total. The van der Waals surface area contributed by atoms with Gasteiger partial charge in [-0.15, -0.1) is 0 Å². The Morgan fingerprint density at radius 1 is 1.17 bits per heavy atom. The highest BCUT2D eigenvalue weighted by Crippen LogP contribution is 2.21. The molecular weight excluding hydrogens is 234 g/mol. The van der Waals surface area contributed by atoms with Crippen LogP contribution in [-0.2, 0) is 0 Å². The molecule has 18 heavy (non-hydrogen) atoms. The summed E-state index contributed by atoms with van der Waals surface area (Å²) in [6.07, 6.45) is 1.96. The SMILES string of the molecule is CCC(Nc1cccc(F)c1)c1ccc(F)cn1. The molecular formula is C14H14F2N2. The Bertz CT molecular complexity index is 511. The second kappa shape index (κ2) is 5.58. The van der Waals surface area contributed by atoms with Gasteiger partial charge in [0.1, 0.15) is 11.6 Å². The summed E-state index contributed by atoms with van der Waals surface area (Å²) >= 11 is 0. The van der Waals surface area contributed by atoms with Crippen LogP contribution in [0.2, 0.25) is 0 Å². The van der Waals surface area contributed by atoms with Crippen LogP contribution < -0.4 is 5.32 Å². The largest absolute Gasteiger partial charge is 0.377 e. The summed E-state index contributed by atoms with van der Waals surface area (Å²) < 4.78 is 25.9. The van der Waals surface area contributed by atoms with Crippen molar-refractivity contribution in [2.75, 3.05) is 5.32 Å². The van der Waals surface area contributed by atoms with Gasteiger partial charge in [0, 0.05) is 5.69 Å². The summed E-state index contributed by atoms with van der Waals surface area (Å²) in [6.45, 7) is 1.99. The molecule has 94 valence electrons. The molecule has 2 aromatic rings. The van der Waals surface area contributed by atoms with Gasteiger partial charge in [0.05, 0.1) is 17.9 Å². The minimum atomic E-state index is -0.362. The van der Waals surface area contributed by atoms with Crippen molar-refractivity contribution < 1.29 is 8.78 Å². The topological polar surface area (TPSA) is 24.9 Å². The lowest BCUT2D eigenvalue weighted by atomic mass is 10.1. The Morgan fingerprint density at radius 2 is 2.00 bits per heavy atom. The molecule has 2 rings (SSSR count). The number of rotatable bonds is 4. The molecule has 0 aliphatic carbocycles. The van der Waals surface area contributed by atoms with Crippen LogP contribution in [0, 0.1) is 11.6 Å². The van der Waals surface area contributed by atoms with Gasteiger partial charge in [-0.1, -0.05) is 13.0 Å². The summed E-state index contributed by atoms with van der Waals surface area (Å²) in [5.41, 5.74) is 1.43. The van der Waals surface area contributed by atoms with Crippen molar-refractivity contribution in [2.45, 2.75) is 19.4 Å². The highest BCUT2D eigenvalue weighted by atomic mass is 19.1. The van der Waals surface area contributed by atoms with Crippen molar-refractivity contribution in [3.8, 4) is 0 Å². The van der Waals surface area contributed by atoms with Gasteiger partial charge in [0.25, 0.3) is 0 Å². The molecule has 0 aliphatic heterocycles. The molecule has 1 N–H and O–H groups in total. The summed E-state index contributed by atoms with van der Waals surface area (Å²) in [6, 6.07) is 9.19. The van der Waals surface area contributed by atoms with E-state index in [0.29, 0.717) is 5.69 Å². The monoisotopic (exact) mass is 248 g/mol. The van der Waals surface area contributed by atoms with Gasteiger partial charge in [0.2, 0.25) is 0 Å². The molecule has 0 saturated carbocycles. The predicted molar refractivity (Wildman–Crippen MR) is 67.2 cm³/mol. The summed E-state index contributed by atoms with van der Waals surface area (Å²) in [7, 11) is 0. The average Bonchev–Trinajstić information content (AvgIpc) is 2.37. The van der Waals surface area contributed by atoms with Crippen molar-refractivity contribution in [1.29, 1.82) is 0 Å². The standard InChI is InChI=1S/C14H14F2N2/c1-2-13(14-7-6-11(16)9-17-14)18-12-5-3-4-10(15)8-12/h3-9,13,18H,2H2,1H3. The fourth-order valence-corrected chi connectivity index (χ4v) is 1.76. The molecule has 0 spiro atoms. The normalized spacial score (nSPS) is 12.2. The summed E-state index contributed by atoms with van der Waals surface area (Å²) in [5.74, 6) is -0.652. The molecule has 1 heterocycles. The van der Waals surface area contributed by atoms with Gasteiger partial charge < -0.3 is 5.32 Å². The number of anilines is 1. The van der Waals surface area contributed by atoms with Gasteiger partial charge in [-0.2, -0.15) is 0 Å². The second-order valence-electron chi connectivity index (χ2n) is 4.02. The molecule has 1 aromatic carbocycles. The third kappa shape index (κ3) is 3.03. The minimum Gasteiger partial charge on any atom is -0.377 e. The van der Waals surface area contributed by atoms with Gasteiger partial charge in [-0.05, 0) is 36.8 Å². The van der Waals surface area contributed by atoms with E-state index in [9.17, 15) is 8.78 Å². The quantitative estimate of drug-likeness (QED) is 0.887. The van der Waals surface area contributed by atoms with Crippen molar-refractivity contribution in [3.63, 3.8) is 0 Å². The van der Waals surface area contributed by atoms with E-state index >= 15 is 0 Å². The maximum absolute atomic E-state index is 13.1. The van der Waals surface area contributed by atoms with E-state index < -0.39 is 0 Å². The number of benzene rings is 1. The van der Waals surface area contributed by atoms with E-state index in [0.717, 1.165) is 12.1 Å². The van der Waals surface area contributed by atoms with Crippen LogP contribution in [0.3, 0.4) is 0 Å². The molecule has 0 fully saturated rings. The Kier molecular flexibility index (Phi) is 3.87. The number of halogens is 2. The molecule has 1 atom stereocenters. The average molecular weight is 248 g/mol. The Balaban J connectivity index is 2.17. The smallest absolute Gasteiger partial charge is 0.141 e. The maximum atomic E-state index is 13.1. The summed E-state index contributed by atoms with van der Waals surface area (Å²) in [4.78, 5) is 4.04. The van der Waals surface area contributed by atoms with Gasteiger partial charge >= 0.3 is 0 Å². The van der Waals surface area contributed by atoms with Crippen molar-refractivity contribution in [2.24, 2.45) is 0 Å². The van der Waals surface area contributed by atoms with E-state index in [1.165, 1.54) is 24.4 Å². The van der Waals surface area contributed by atoms with E-state index in [2.05, 4.69) is 10.3 Å². The Morgan fingerprint density at radius 3 is 2.61 bits per heavy atom. The highest BCUT2D eigenvalue weighted by molar-refractivity contribution is 5.45. The van der Waals surface area contributed by atoms with Crippen LogP contribution in [0.5, 0.6) is 0 Å². The number of nitrogens with zero attached hydrogens (tertiary/aromatic N) is 1. The Hall–Kier alpha value is -1.97. The fraction of sp³-hybridized carbons (Fsp3) is 0.214. The van der Waals surface area contributed by atoms with Gasteiger partial charge in [0.15, 0.2) is 0 Å². The third-order valence-corrected chi connectivity index (χ3v) is 2.68. The van der Waals surface area contributed by atoms with E-state index in [1.54, 1.807) is 18.2 Å². The lowest BCUT2D eigenvalue weighted by molar-refractivity contribution is 0.614. The first kappa shape index (κ1) is 12.5. The third-order valence-electron chi connectivity index (χ3n) is 2.68. The van der Waals surface area contributed by atoms with Crippen LogP contribution in [0.25, 0.3) is 0 Å². The maximum Gasteiger partial charge on any atom is 0.141 e. The highest BCUT2D eigenvalue weighted by Gasteiger charge is 2.10. The zero-order valence-electron chi connectivity index (χ0n) is 10.0. The second-order valence-corrected chi connectivity index (χ2v) is 4.02. The van der Waals surface area contributed by atoms with Crippen molar-refractivity contribution in [3.05, 3.63) is 59.9 Å². The van der Waals surface area contributed by atoms with Crippen LogP contribution in [0.1, 0.15) is 25.1 Å². The van der Waals surface area contributed by atoms with Crippen molar-refractivity contribution >= 4 is 5.69 Å². The molecule has 0 bridgehead atoms. The predicted octanol–water partition coefficient (Wildman–Crippen LogP) is 3.92. The Labute approximate surface area is 105 Å². The van der Waals surface area contributed by atoms with Gasteiger partial charge in [-0.25, -0.2) is 8.78 Å². The van der Waals surface area contributed by atoms with E-state index in [1.807, 2.05) is 6.92 Å². The minimum absolute atomic E-state index is 0.0626. The molecule has 1 aromatic heterocycles. The fourth-order valence-electron chi connectivity index (χ4n) is 1.76. The molecule has 0 amide bonds. The van der Waals surface area contributed by atoms with Crippen LogP contribution in [-0.4, -0.2) is 4.98 Å². The van der Waals surface area contributed by atoms with Crippen LogP contribution >= 0.6 is 0 Å². The molecule has 0 saturated heterocycles. The first-order valence-corrected chi connectivity index (χ1v) is 5.82. The number of hydrogen-bond acceptors (Lipinski definition) is 2. The molecule has 0 aliphatic rings. The van der Waals surface area contributed by atoms with Crippen LogP contribution in [0.15, 0.2) is 42.6 Å². The lowest BCUT2D eigenvalue weighted by Crippen LogP contribution is -2.11. The van der Waals surface area contributed by atoms with Crippen molar-refractivity contribution in [1.82, 2.24) is 4.98 Å². The van der Waals surface area contributed by atoms with Gasteiger partial charge in [-0.3, -0.25) is 4.98 Å². The lowest BCUT2D eigenvalue weighted by Gasteiger charge is -2.17. The number of hydrogen-bond donors (Lipinski definition) is 1. The zero-order valence-corrected chi connectivity index (χ0v) is 10.0. The molecule has 1 unspecified atom stereocenters. The number of pyridine rings is 1. The number of nitrogens with one attached hydrogen (secondary N) is 1. The van der Waals surface area contributed by atoms with Crippen LogP contribution in [0.4, 0.5) is 14.5 Å². The number of aromatic nitrogens is 1. The molecule has 4 heteroatoms. The zero-order chi connectivity index (χ0) is 13.0. The van der Waals surface area contributed by atoms with E-state index in [4.69, 9.17) is 0 Å². The summed E-state index contributed by atoms with van der Waals surface area (Å²) in [5, 5.41) is 3.18. The first-order valence-electron chi connectivity index (χ1n) is 5.82. The molecule has 0 radical (unpaired) electrons. The van der Waals surface area contributed by atoms with E-state index in [-0.39, 0.29) is 17.7 Å².